The summed E-state index contributed by atoms with van der Waals surface area (Å²) < 4.78 is 5.60. The number of hydrogen-bond acceptors (Lipinski definition) is 3. The molecule has 2 aliphatic rings. The van der Waals surface area contributed by atoms with Crippen LogP contribution >= 0.6 is 0 Å². The Kier molecular flexibility index (Phi) is 3.72. The lowest BCUT2D eigenvalue weighted by Crippen LogP contribution is -2.29. The Hall–Kier alpha value is -2.42. The number of nitrogens with one attached hydrogen (secondary N) is 1. The molecule has 1 aliphatic heterocycles. The van der Waals surface area contributed by atoms with Gasteiger partial charge in [0, 0.05) is 25.7 Å². The smallest absolute Gasteiger partial charge is 0.142 e. The van der Waals surface area contributed by atoms with Gasteiger partial charge in [-0.1, -0.05) is 36.4 Å². The first-order chi connectivity index (χ1) is 11.7. The van der Waals surface area contributed by atoms with Crippen LogP contribution in [0, 0.1) is 5.92 Å². The van der Waals surface area contributed by atoms with Gasteiger partial charge in [0.1, 0.15) is 5.75 Å². The molecule has 24 heavy (non-hydrogen) atoms. The van der Waals surface area contributed by atoms with E-state index in [0.717, 1.165) is 17.9 Å². The fraction of sp³-hybridized carbons (Fsp3) is 0.333. The number of benzene rings is 2. The van der Waals surface area contributed by atoms with Gasteiger partial charge >= 0.3 is 0 Å². The second-order valence-corrected chi connectivity index (χ2v) is 6.89. The summed E-state index contributed by atoms with van der Waals surface area (Å²) in [5, 5.41) is 3.77. The van der Waals surface area contributed by atoms with Gasteiger partial charge in [-0.3, -0.25) is 0 Å². The third kappa shape index (κ3) is 2.35. The zero-order chi connectivity index (χ0) is 16.7. The van der Waals surface area contributed by atoms with E-state index in [1.807, 2.05) is 6.07 Å². The van der Waals surface area contributed by atoms with Crippen LogP contribution in [0.2, 0.25) is 0 Å². The zero-order valence-corrected chi connectivity index (χ0v) is 14.5. The molecule has 0 saturated carbocycles. The molecule has 0 spiro atoms. The number of hydrogen-bond donors (Lipinski definition) is 1. The first kappa shape index (κ1) is 15.1. The summed E-state index contributed by atoms with van der Waals surface area (Å²) in [5.41, 5.74) is 5.08. The van der Waals surface area contributed by atoms with Crippen molar-refractivity contribution in [3.8, 4) is 5.75 Å². The molecule has 0 radical (unpaired) electrons. The summed E-state index contributed by atoms with van der Waals surface area (Å²) in [6.07, 6.45) is 5.81. The molecule has 0 fully saturated rings. The van der Waals surface area contributed by atoms with Crippen molar-refractivity contribution in [1.82, 2.24) is 0 Å². The highest BCUT2D eigenvalue weighted by atomic mass is 16.5. The quantitative estimate of drug-likeness (QED) is 0.837. The molecular formula is C21H24N2O. The van der Waals surface area contributed by atoms with Crippen molar-refractivity contribution in [3.05, 3.63) is 65.7 Å². The van der Waals surface area contributed by atoms with E-state index in [4.69, 9.17) is 4.74 Å². The normalized spacial score (nSPS) is 24.0. The van der Waals surface area contributed by atoms with E-state index in [1.165, 1.54) is 16.8 Å². The minimum Gasteiger partial charge on any atom is -0.495 e. The highest BCUT2D eigenvalue weighted by molar-refractivity contribution is 5.67. The molecule has 0 amide bonds. The molecule has 1 N–H and O–H groups in total. The number of rotatable bonds is 3. The van der Waals surface area contributed by atoms with Gasteiger partial charge in [-0.25, -0.2) is 0 Å². The number of nitrogens with zero attached hydrogens (tertiary/aromatic N) is 1. The minimum absolute atomic E-state index is 0.310. The summed E-state index contributed by atoms with van der Waals surface area (Å²) in [7, 11) is 5.90. The lowest BCUT2D eigenvalue weighted by Gasteiger charge is -2.38. The van der Waals surface area contributed by atoms with Gasteiger partial charge < -0.3 is 15.0 Å². The number of allylic oxidation sites excluding steroid dienone is 2. The van der Waals surface area contributed by atoms with Gasteiger partial charge in [-0.2, -0.15) is 0 Å². The summed E-state index contributed by atoms with van der Waals surface area (Å²) in [5.74, 6) is 1.96. The third-order valence-electron chi connectivity index (χ3n) is 5.35. The Morgan fingerprint density at radius 3 is 2.58 bits per heavy atom. The van der Waals surface area contributed by atoms with E-state index >= 15 is 0 Å². The molecule has 1 heterocycles. The summed E-state index contributed by atoms with van der Waals surface area (Å²) >= 11 is 0. The largest absolute Gasteiger partial charge is 0.495 e. The van der Waals surface area contributed by atoms with Crippen LogP contribution in [0.15, 0.2) is 54.6 Å². The van der Waals surface area contributed by atoms with Gasteiger partial charge in [0.05, 0.1) is 18.8 Å². The summed E-state index contributed by atoms with van der Waals surface area (Å²) in [4.78, 5) is 2.14. The molecule has 3 unspecified atom stereocenters. The van der Waals surface area contributed by atoms with Crippen molar-refractivity contribution in [2.45, 2.75) is 18.4 Å². The minimum atomic E-state index is 0.310. The maximum absolute atomic E-state index is 5.60. The van der Waals surface area contributed by atoms with Gasteiger partial charge in [-0.15, -0.1) is 0 Å². The van der Waals surface area contributed by atoms with Crippen molar-refractivity contribution >= 4 is 11.4 Å². The predicted octanol–water partition coefficient (Wildman–Crippen LogP) is 4.59. The maximum atomic E-state index is 5.60. The lowest BCUT2D eigenvalue weighted by molar-refractivity contribution is 0.397. The summed E-state index contributed by atoms with van der Waals surface area (Å²) in [6, 6.07) is 15.6. The number of ether oxygens (including phenoxy) is 1. The molecule has 124 valence electrons. The lowest BCUT2D eigenvalue weighted by atomic mass is 9.77. The van der Waals surface area contributed by atoms with E-state index in [9.17, 15) is 0 Å². The molecule has 3 heteroatoms. The van der Waals surface area contributed by atoms with Crippen LogP contribution < -0.4 is 15.0 Å². The number of para-hydroxylation sites is 1. The van der Waals surface area contributed by atoms with E-state index in [0.29, 0.717) is 17.9 Å². The van der Waals surface area contributed by atoms with Crippen LogP contribution in [0.25, 0.3) is 0 Å². The molecule has 1 aliphatic carbocycles. The molecular weight excluding hydrogens is 296 g/mol. The molecule has 4 rings (SSSR count). The Morgan fingerprint density at radius 2 is 1.88 bits per heavy atom. The van der Waals surface area contributed by atoms with Gasteiger partial charge in [-0.05, 0) is 41.7 Å². The first-order valence-corrected chi connectivity index (χ1v) is 8.56. The Morgan fingerprint density at radius 1 is 1.08 bits per heavy atom. The molecule has 2 aromatic rings. The van der Waals surface area contributed by atoms with Crippen LogP contribution in [-0.4, -0.2) is 21.2 Å². The molecule has 3 nitrogen and oxygen atoms in total. The monoisotopic (exact) mass is 320 g/mol. The van der Waals surface area contributed by atoms with E-state index < -0.39 is 0 Å². The number of methoxy groups -OCH3 is 1. The standard InChI is InChI=1S/C21H24N2O/c1-23(2)15-12-10-14(11-13-15)20-17-7-4-6-16(17)18-8-5-9-19(24-3)21(18)22-20/h4-6,8-13,16-17,20,22H,7H2,1-3H3. The third-order valence-corrected chi connectivity index (χ3v) is 5.35. The first-order valence-electron chi connectivity index (χ1n) is 8.56. The van der Waals surface area contributed by atoms with Crippen molar-refractivity contribution in [3.63, 3.8) is 0 Å². The van der Waals surface area contributed by atoms with Crippen molar-refractivity contribution < 1.29 is 4.74 Å². The van der Waals surface area contributed by atoms with Crippen molar-refractivity contribution in [1.29, 1.82) is 0 Å². The number of anilines is 2. The zero-order valence-electron chi connectivity index (χ0n) is 14.5. The molecule has 0 saturated heterocycles. The average molecular weight is 320 g/mol. The molecule has 3 atom stereocenters. The second-order valence-electron chi connectivity index (χ2n) is 6.89. The van der Waals surface area contributed by atoms with Gasteiger partial charge in [0.2, 0.25) is 0 Å². The van der Waals surface area contributed by atoms with E-state index in [2.05, 4.69) is 72.9 Å². The van der Waals surface area contributed by atoms with Crippen LogP contribution in [0.4, 0.5) is 11.4 Å². The Balaban J connectivity index is 1.74. The molecule has 0 aromatic heterocycles. The highest BCUT2D eigenvalue weighted by Crippen LogP contribution is 2.52. The van der Waals surface area contributed by atoms with Gasteiger partial charge in [0.15, 0.2) is 0 Å². The predicted molar refractivity (Wildman–Crippen MR) is 100 cm³/mol. The fourth-order valence-corrected chi connectivity index (χ4v) is 4.07. The topological polar surface area (TPSA) is 24.5 Å². The van der Waals surface area contributed by atoms with E-state index in [-0.39, 0.29) is 0 Å². The van der Waals surface area contributed by atoms with E-state index in [1.54, 1.807) is 7.11 Å². The number of fused-ring (bicyclic) bond motifs is 3. The Bertz CT molecular complexity index is 764. The van der Waals surface area contributed by atoms with Crippen molar-refractivity contribution in [2.75, 3.05) is 31.4 Å². The molecule has 2 aromatic carbocycles. The Labute approximate surface area is 143 Å². The van der Waals surface area contributed by atoms with Crippen molar-refractivity contribution in [2.24, 2.45) is 5.92 Å². The van der Waals surface area contributed by atoms with Crippen LogP contribution in [-0.2, 0) is 0 Å². The average Bonchev–Trinajstić information content (AvgIpc) is 3.10. The van der Waals surface area contributed by atoms with Crippen LogP contribution in [0.5, 0.6) is 5.75 Å². The summed E-state index contributed by atoms with van der Waals surface area (Å²) in [6.45, 7) is 0. The highest BCUT2D eigenvalue weighted by Gasteiger charge is 2.38. The fourth-order valence-electron chi connectivity index (χ4n) is 4.07. The second kappa shape index (κ2) is 5.90. The molecule has 0 bridgehead atoms. The van der Waals surface area contributed by atoms with Gasteiger partial charge in [0.25, 0.3) is 0 Å². The van der Waals surface area contributed by atoms with Crippen LogP contribution in [0.1, 0.15) is 29.5 Å². The SMILES string of the molecule is COc1cccc2c1NC(c1ccc(N(C)C)cc1)C1CC=CC21. The maximum Gasteiger partial charge on any atom is 0.142 e. The van der Waals surface area contributed by atoms with Crippen LogP contribution in [0.3, 0.4) is 0 Å².